The first kappa shape index (κ1) is 15.8. The van der Waals surface area contributed by atoms with E-state index in [0.29, 0.717) is 11.5 Å². The number of nitrogens with zero attached hydrogens (tertiary/aromatic N) is 2. The SMILES string of the molecule is Cn1ccc(CCNC(CC(C)(C)C)c2ccccc2)n1. The van der Waals surface area contributed by atoms with Crippen molar-refractivity contribution >= 4 is 0 Å². The Morgan fingerprint density at radius 1 is 1.14 bits per heavy atom. The molecule has 1 N–H and O–H groups in total. The van der Waals surface area contributed by atoms with Crippen LogP contribution in [0, 0.1) is 5.41 Å². The first-order valence-corrected chi connectivity index (χ1v) is 7.71. The molecule has 3 heteroatoms. The molecule has 114 valence electrons. The van der Waals surface area contributed by atoms with Crippen LogP contribution in [0.25, 0.3) is 0 Å². The fourth-order valence-electron chi connectivity index (χ4n) is 2.58. The zero-order valence-corrected chi connectivity index (χ0v) is 13.6. The molecule has 1 unspecified atom stereocenters. The molecule has 3 nitrogen and oxygen atoms in total. The lowest BCUT2D eigenvalue weighted by molar-refractivity contribution is 0.312. The maximum absolute atomic E-state index is 4.43. The minimum absolute atomic E-state index is 0.304. The summed E-state index contributed by atoms with van der Waals surface area (Å²) in [5.74, 6) is 0. The first-order chi connectivity index (χ1) is 9.94. The lowest BCUT2D eigenvalue weighted by Gasteiger charge is -2.27. The monoisotopic (exact) mass is 285 g/mol. The molecule has 0 spiro atoms. The summed E-state index contributed by atoms with van der Waals surface area (Å²) in [6.45, 7) is 7.84. The molecule has 0 radical (unpaired) electrons. The second kappa shape index (κ2) is 6.90. The van der Waals surface area contributed by atoms with Gasteiger partial charge in [-0.3, -0.25) is 4.68 Å². The summed E-state index contributed by atoms with van der Waals surface area (Å²) < 4.78 is 1.86. The number of rotatable bonds is 6. The summed E-state index contributed by atoms with van der Waals surface area (Å²) in [4.78, 5) is 0. The number of aromatic nitrogens is 2. The number of aryl methyl sites for hydroxylation is 1. The van der Waals surface area contributed by atoms with Gasteiger partial charge in [0.25, 0.3) is 0 Å². The standard InChI is InChI=1S/C18H27N3/c1-18(2,3)14-17(15-8-6-5-7-9-15)19-12-10-16-11-13-21(4)20-16/h5-9,11,13,17,19H,10,12,14H2,1-4H3. The summed E-state index contributed by atoms with van der Waals surface area (Å²) in [5, 5.41) is 8.13. The molecule has 0 aliphatic rings. The Kier molecular flexibility index (Phi) is 5.18. The first-order valence-electron chi connectivity index (χ1n) is 7.71. The van der Waals surface area contributed by atoms with Gasteiger partial charge in [0.1, 0.15) is 0 Å². The molecule has 0 amide bonds. The van der Waals surface area contributed by atoms with Crippen LogP contribution in [0.2, 0.25) is 0 Å². The summed E-state index contributed by atoms with van der Waals surface area (Å²) in [6.07, 6.45) is 4.09. The topological polar surface area (TPSA) is 29.9 Å². The van der Waals surface area contributed by atoms with Crippen molar-refractivity contribution in [2.24, 2.45) is 12.5 Å². The van der Waals surface area contributed by atoms with E-state index >= 15 is 0 Å². The molecule has 1 heterocycles. The highest BCUT2D eigenvalue weighted by Crippen LogP contribution is 2.29. The fourth-order valence-corrected chi connectivity index (χ4v) is 2.58. The molecule has 0 saturated heterocycles. The van der Waals surface area contributed by atoms with Gasteiger partial charge >= 0.3 is 0 Å². The van der Waals surface area contributed by atoms with E-state index in [-0.39, 0.29) is 0 Å². The Morgan fingerprint density at radius 3 is 2.43 bits per heavy atom. The molecule has 0 aliphatic heterocycles. The summed E-state index contributed by atoms with van der Waals surface area (Å²) in [6, 6.07) is 13.2. The molecule has 2 aromatic rings. The Morgan fingerprint density at radius 2 is 1.86 bits per heavy atom. The highest BCUT2D eigenvalue weighted by molar-refractivity contribution is 5.19. The van der Waals surface area contributed by atoms with Crippen LogP contribution in [0.4, 0.5) is 0 Å². The van der Waals surface area contributed by atoms with Gasteiger partial charge in [-0.25, -0.2) is 0 Å². The van der Waals surface area contributed by atoms with Gasteiger partial charge in [-0.1, -0.05) is 51.1 Å². The third kappa shape index (κ3) is 5.35. The summed E-state index contributed by atoms with van der Waals surface area (Å²) >= 11 is 0. The van der Waals surface area contributed by atoms with E-state index in [2.05, 4.69) is 67.6 Å². The van der Waals surface area contributed by atoms with E-state index in [1.807, 2.05) is 17.9 Å². The van der Waals surface area contributed by atoms with E-state index in [1.54, 1.807) is 0 Å². The van der Waals surface area contributed by atoms with Gasteiger partial charge in [-0.15, -0.1) is 0 Å². The molecule has 0 bridgehead atoms. The Labute approximate surface area is 128 Å². The normalized spacial score (nSPS) is 13.3. The molecule has 0 aliphatic carbocycles. The van der Waals surface area contributed by atoms with Crippen molar-refractivity contribution in [3.05, 3.63) is 53.9 Å². The van der Waals surface area contributed by atoms with Gasteiger partial charge in [0.15, 0.2) is 0 Å². The van der Waals surface area contributed by atoms with E-state index < -0.39 is 0 Å². The van der Waals surface area contributed by atoms with Gasteiger partial charge in [0.2, 0.25) is 0 Å². The molecule has 0 saturated carbocycles. The Balaban J connectivity index is 1.96. The van der Waals surface area contributed by atoms with Crippen molar-refractivity contribution in [2.45, 2.75) is 39.7 Å². The average molecular weight is 285 g/mol. The fraction of sp³-hybridized carbons (Fsp3) is 0.500. The van der Waals surface area contributed by atoms with Crippen LogP contribution < -0.4 is 5.32 Å². The van der Waals surface area contributed by atoms with Gasteiger partial charge in [0, 0.05) is 32.3 Å². The van der Waals surface area contributed by atoms with Crippen molar-refractivity contribution in [3.8, 4) is 0 Å². The maximum Gasteiger partial charge on any atom is 0.0637 e. The Bertz CT molecular complexity index is 537. The van der Waals surface area contributed by atoms with Crippen molar-refractivity contribution in [1.82, 2.24) is 15.1 Å². The zero-order valence-electron chi connectivity index (χ0n) is 13.6. The largest absolute Gasteiger partial charge is 0.310 e. The third-order valence-corrected chi connectivity index (χ3v) is 3.56. The van der Waals surface area contributed by atoms with Gasteiger partial charge in [0.05, 0.1) is 5.69 Å². The van der Waals surface area contributed by atoms with Crippen LogP contribution in [0.5, 0.6) is 0 Å². The van der Waals surface area contributed by atoms with Gasteiger partial charge in [-0.2, -0.15) is 5.10 Å². The van der Waals surface area contributed by atoms with Crippen LogP contribution in [0.3, 0.4) is 0 Å². The van der Waals surface area contributed by atoms with Crippen molar-refractivity contribution in [3.63, 3.8) is 0 Å². The number of hydrogen-bond acceptors (Lipinski definition) is 2. The molecule has 0 fully saturated rings. The van der Waals surface area contributed by atoms with E-state index in [0.717, 1.165) is 25.1 Å². The van der Waals surface area contributed by atoms with Crippen molar-refractivity contribution in [1.29, 1.82) is 0 Å². The molecule has 2 rings (SSSR count). The lowest BCUT2D eigenvalue weighted by atomic mass is 9.85. The van der Waals surface area contributed by atoms with Gasteiger partial charge in [-0.05, 0) is 23.5 Å². The molecule has 1 atom stereocenters. The molecule has 21 heavy (non-hydrogen) atoms. The van der Waals surface area contributed by atoms with Gasteiger partial charge < -0.3 is 5.32 Å². The summed E-state index contributed by atoms with van der Waals surface area (Å²) in [7, 11) is 1.96. The summed E-state index contributed by atoms with van der Waals surface area (Å²) in [5.41, 5.74) is 2.82. The van der Waals surface area contributed by atoms with Crippen molar-refractivity contribution in [2.75, 3.05) is 6.54 Å². The molecule has 1 aromatic carbocycles. The second-order valence-corrected chi connectivity index (χ2v) is 6.91. The lowest BCUT2D eigenvalue weighted by Crippen LogP contribution is -2.27. The number of hydrogen-bond donors (Lipinski definition) is 1. The van der Waals surface area contributed by atoms with Crippen LogP contribution >= 0.6 is 0 Å². The maximum atomic E-state index is 4.43. The van der Waals surface area contributed by atoms with E-state index in [4.69, 9.17) is 0 Å². The smallest absolute Gasteiger partial charge is 0.0637 e. The molecular weight excluding hydrogens is 258 g/mol. The highest BCUT2D eigenvalue weighted by Gasteiger charge is 2.19. The minimum Gasteiger partial charge on any atom is -0.310 e. The predicted octanol–water partition coefficient (Wildman–Crippen LogP) is 3.73. The number of nitrogens with one attached hydrogen (secondary N) is 1. The van der Waals surface area contributed by atoms with Crippen LogP contribution in [0.1, 0.15) is 44.5 Å². The van der Waals surface area contributed by atoms with Crippen LogP contribution in [-0.2, 0) is 13.5 Å². The molecule has 1 aromatic heterocycles. The van der Waals surface area contributed by atoms with Crippen LogP contribution in [0.15, 0.2) is 42.6 Å². The molecular formula is C18H27N3. The third-order valence-electron chi connectivity index (χ3n) is 3.56. The predicted molar refractivity (Wildman–Crippen MR) is 88.2 cm³/mol. The average Bonchev–Trinajstić information content (AvgIpc) is 2.83. The second-order valence-electron chi connectivity index (χ2n) is 6.91. The zero-order chi connectivity index (χ0) is 15.3. The minimum atomic E-state index is 0.304. The highest BCUT2D eigenvalue weighted by atomic mass is 15.2. The van der Waals surface area contributed by atoms with E-state index in [1.165, 1.54) is 5.56 Å². The van der Waals surface area contributed by atoms with Crippen molar-refractivity contribution < 1.29 is 0 Å². The van der Waals surface area contributed by atoms with E-state index in [9.17, 15) is 0 Å². The van der Waals surface area contributed by atoms with Crippen LogP contribution in [-0.4, -0.2) is 16.3 Å². The number of benzene rings is 1. The quantitative estimate of drug-likeness (QED) is 0.876. The Hall–Kier alpha value is -1.61.